The maximum absolute atomic E-state index is 13.7. The van der Waals surface area contributed by atoms with Gasteiger partial charge in [0.05, 0.1) is 23.0 Å². The summed E-state index contributed by atoms with van der Waals surface area (Å²) in [6.45, 7) is 0. The lowest BCUT2D eigenvalue weighted by Crippen LogP contribution is -2.10. The molecule has 0 aromatic heterocycles. The third-order valence-corrected chi connectivity index (χ3v) is 7.16. The number of methoxy groups -OCH3 is 1. The largest absolute Gasteiger partial charge is 0.496 e. The maximum Gasteiger partial charge on any atom is 0.191 e. The van der Waals surface area contributed by atoms with Crippen LogP contribution in [0.4, 0.5) is 0 Å². The number of benzene rings is 5. The number of hydrogen-bond donors (Lipinski definition) is 0. The van der Waals surface area contributed by atoms with Crippen molar-refractivity contribution >= 4 is 31.0 Å². The zero-order valence-electron chi connectivity index (χ0n) is 21.0. The summed E-state index contributed by atoms with van der Waals surface area (Å²) in [5.74, 6) is 3.62. The molecule has 194 valence electrons. The van der Waals surface area contributed by atoms with Gasteiger partial charge < -0.3 is 18.9 Å². The first-order valence-electron chi connectivity index (χ1n) is 12.1. The molecule has 0 aliphatic rings. The molecule has 1 unspecified atom stereocenters. The molecule has 5 nitrogen and oxygen atoms in total. The van der Waals surface area contributed by atoms with Crippen molar-refractivity contribution in [3.05, 3.63) is 132 Å². The Bertz CT molecular complexity index is 1500. The number of carbonyl (C=O) groups excluding carboxylic acids is 1. The second-order valence-electron chi connectivity index (χ2n) is 8.31. The number of rotatable bonds is 10. The Labute approximate surface area is 233 Å². The first-order chi connectivity index (χ1) is 19.1. The molecular weight excluding hydrogens is 531 g/mol. The van der Waals surface area contributed by atoms with Crippen LogP contribution in [0.5, 0.6) is 40.2 Å². The normalized spacial score (nSPS) is 10.8. The molecule has 0 N–H and O–H groups in total. The number of hydrogen-bond acceptors (Lipinski definition) is 5. The molecule has 1 atom stereocenters. The molecule has 0 aliphatic heterocycles. The lowest BCUT2D eigenvalue weighted by Gasteiger charge is -2.19. The van der Waals surface area contributed by atoms with Gasteiger partial charge >= 0.3 is 0 Å². The summed E-state index contributed by atoms with van der Waals surface area (Å²) >= 11 is 6.44. The van der Waals surface area contributed by atoms with E-state index in [0.29, 0.717) is 56.1 Å². The number of ether oxygens (including phenoxy) is 4. The van der Waals surface area contributed by atoms with Gasteiger partial charge in [-0.15, -0.1) is 0 Å². The molecule has 0 saturated heterocycles. The molecule has 0 aliphatic carbocycles. The monoisotopic (exact) mass is 554 g/mol. The number of carbonyl (C=O) groups is 1. The highest BCUT2D eigenvalue weighted by molar-refractivity contribution is 7.66. The minimum atomic E-state index is -0.392. The SMILES string of the molecule is COc1cccc(Cl)c1C(=O)Pc1c(Oc2ccccc2)cc(Oc2ccccc2)cc1Oc1ccccc1. The molecule has 5 rings (SSSR count). The average Bonchev–Trinajstić information content (AvgIpc) is 2.96. The van der Waals surface area contributed by atoms with Gasteiger partial charge in [0.1, 0.15) is 40.2 Å². The van der Waals surface area contributed by atoms with Crippen molar-refractivity contribution in [2.75, 3.05) is 7.11 Å². The van der Waals surface area contributed by atoms with Crippen LogP contribution in [0.2, 0.25) is 5.02 Å². The van der Waals surface area contributed by atoms with Crippen LogP contribution < -0.4 is 24.3 Å². The number of halogens is 1. The highest BCUT2D eigenvalue weighted by Gasteiger charge is 2.23. The first kappa shape index (κ1) is 26.3. The number of para-hydroxylation sites is 3. The van der Waals surface area contributed by atoms with Crippen LogP contribution in [-0.4, -0.2) is 12.6 Å². The molecule has 0 saturated carbocycles. The predicted octanol–water partition coefficient (Wildman–Crippen LogP) is 8.87. The fraction of sp³-hybridized carbons (Fsp3) is 0.0312. The third kappa shape index (κ3) is 6.58. The van der Waals surface area contributed by atoms with E-state index in [1.807, 2.05) is 91.0 Å². The van der Waals surface area contributed by atoms with Crippen molar-refractivity contribution in [1.82, 2.24) is 0 Å². The standard InChI is InChI=1S/C32H24ClO5P/c1-35-27-19-11-18-26(33)30(27)32(34)39-31-28(37-23-14-7-3-8-15-23)20-25(36-22-12-5-2-6-13-22)21-29(31)38-24-16-9-4-10-17-24/h2-21,39H,1H3. The van der Waals surface area contributed by atoms with Crippen molar-refractivity contribution in [1.29, 1.82) is 0 Å². The summed E-state index contributed by atoms with van der Waals surface area (Å²) < 4.78 is 24.2. The Kier molecular flexibility index (Phi) is 8.42. The van der Waals surface area contributed by atoms with Gasteiger partial charge in [0.2, 0.25) is 0 Å². The Balaban J connectivity index is 1.63. The van der Waals surface area contributed by atoms with Crippen LogP contribution >= 0.6 is 20.2 Å². The van der Waals surface area contributed by atoms with Gasteiger partial charge in [0.15, 0.2) is 5.52 Å². The van der Waals surface area contributed by atoms with Crippen LogP contribution in [0, 0.1) is 0 Å². The highest BCUT2D eigenvalue weighted by atomic mass is 35.5. The van der Waals surface area contributed by atoms with Crippen LogP contribution in [0.25, 0.3) is 0 Å². The second kappa shape index (κ2) is 12.5. The van der Waals surface area contributed by atoms with E-state index in [2.05, 4.69) is 0 Å². The Hall–Kier alpha value is -4.31. The molecule has 0 heterocycles. The van der Waals surface area contributed by atoms with E-state index < -0.39 is 8.58 Å². The zero-order valence-corrected chi connectivity index (χ0v) is 22.7. The van der Waals surface area contributed by atoms with E-state index in [1.165, 1.54) is 7.11 Å². The van der Waals surface area contributed by atoms with Crippen LogP contribution in [0.15, 0.2) is 121 Å². The lowest BCUT2D eigenvalue weighted by molar-refractivity contribution is 0.108. The van der Waals surface area contributed by atoms with E-state index in [1.54, 1.807) is 30.3 Å². The Morgan fingerprint density at radius 1 is 0.590 bits per heavy atom. The summed E-state index contributed by atoms with van der Waals surface area (Å²) in [4.78, 5) is 13.7. The molecular formula is C32H24ClO5P. The third-order valence-electron chi connectivity index (χ3n) is 5.62. The van der Waals surface area contributed by atoms with E-state index in [0.717, 1.165) is 0 Å². The molecule has 5 aromatic rings. The molecule has 7 heteroatoms. The van der Waals surface area contributed by atoms with Gasteiger partial charge in [-0.05, 0) is 57.1 Å². The van der Waals surface area contributed by atoms with E-state index in [9.17, 15) is 4.79 Å². The topological polar surface area (TPSA) is 54.0 Å². The van der Waals surface area contributed by atoms with Gasteiger partial charge in [0.25, 0.3) is 0 Å². The van der Waals surface area contributed by atoms with Crippen molar-refractivity contribution in [3.63, 3.8) is 0 Å². The minimum Gasteiger partial charge on any atom is -0.496 e. The molecule has 5 aromatic carbocycles. The Morgan fingerprint density at radius 2 is 1.08 bits per heavy atom. The quantitative estimate of drug-likeness (QED) is 0.161. The van der Waals surface area contributed by atoms with Gasteiger partial charge in [-0.3, -0.25) is 4.79 Å². The van der Waals surface area contributed by atoms with Gasteiger partial charge in [-0.1, -0.05) is 72.3 Å². The molecule has 39 heavy (non-hydrogen) atoms. The van der Waals surface area contributed by atoms with E-state index in [4.69, 9.17) is 30.5 Å². The van der Waals surface area contributed by atoms with Gasteiger partial charge in [0, 0.05) is 12.1 Å². The molecule has 0 radical (unpaired) electrons. The molecule has 0 fully saturated rings. The first-order valence-corrected chi connectivity index (χ1v) is 13.5. The van der Waals surface area contributed by atoms with Crippen LogP contribution in [0.3, 0.4) is 0 Å². The summed E-state index contributed by atoms with van der Waals surface area (Å²) in [5.41, 5.74) is 0.0888. The summed E-state index contributed by atoms with van der Waals surface area (Å²) in [6, 6.07) is 36.7. The van der Waals surface area contributed by atoms with Crippen molar-refractivity contribution in [2.45, 2.75) is 0 Å². The summed E-state index contributed by atoms with van der Waals surface area (Å²) in [6.07, 6.45) is 0. The minimum absolute atomic E-state index is 0.218. The van der Waals surface area contributed by atoms with E-state index in [-0.39, 0.29) is 5.52 Å². The predicted molar refractivity (Wildman–Crippen MR) is 156 cm³/mol. The van der Waals surface area contributed by atoms with Crippen molar-refractivity contribution in [3.8, 4) is 40.2 Å². The van der Waals surface area contributed by atoms with Crippen molar-refractivity contribution < 1.29 is 23.7 Å². The molecule has 0 bridgehead atoms. The fourth-order valence-electron chi connectivity index (χ4n) is 3.84. The maximum atomic E-state index is 13.7. The van der Waals surface area contributed by atoms with Crippen LogP contribution in [0.1, 0.15) is 10.4 Å². The average molecular weight is 555 g/mol. The Morgan fingerprint density at radius 3 is 1.56 bits per heavy atom. The van der Waals surface area contributed by atoms with Crippen LogP contribution in [-0.2, 0) is 0 Å². The van der Waals surface area contributed by atoms with Gasteiger partial charge in [-0.2, -0.15) is 0 Å². The fourth-order valence-corrected chi connectivity index (χ4v) is 5.27. The van der Waals surface area contributed by atoms with Gasteiger partial charge in [-0.25, -0.2) is 0 Å². The lowest BCUT2D eigenvalue weighted by atomic mass is 10.2. The van der Waals surface area contributed by atoms with Crippen molar-refractivity contribution in [2.24, 2.45) is 0 Å². The highest BCUT2D eigenvalue weighted by Crippen LogP contribution is 2.41. The zero-order chi connectivity index (χ0) is 27.0. The molecule has 0 amide bonds. The molecule has 0 spiro atoms. The van der Waals surface area contributed by atoms with E-state index >= 15 is 0 Å². The second-order valence-corrected chi connectivity index (χ2v) is 9.92. The smallest absolute Gasteiger partial charge is 0.191 e. The summed E-state index contributed by atoms with van der Waals surface area (Å²) in [5, 5.41) is 0.877. The summed E-state index contributed by atoms with van der Waals surface area (Å²) in [7, 11) is 1.12.